The van der Waals surface area contributed by atoms with Gasteiger partial charge < -0.3 is 24.4 Å². The molecule has 0 aliphatic carbocycles. The fraction of sp³-hybridized carbons (Fsp3) is 0.407. The highest BCUT2D eigenvalue weighted by Gasteiger charge is 2.44. The Balaban J connectivity index is 2.03. The maximum Gasteiger partial charge on any atom is 0.295 e. The van der Waals surface area contributed by atoms with Gasteiger partial charge >= 0.3 is 0 Å². The molecular weight excluding hydrogens is 432 g/mol. The van der Waals surface area contributed by atoms with Crippen molar-refractivity contribution >= 4 is 17.4 Å². The van der Waals surface area contributed by atoms with Crippen molar-refractivity contribution in [2.75, 3.05) is 39.9 Å². The van der Waals surface area contributed by atoms with Crippen molar-refractivity contribution in [2.24, 2.45) is 0 Å². The highest BCUT2D eigenvalue weighted by molar-refractivity contribution is 6.46. The molecular formula is C27H34N2O5. The van der Waals surface area contributed by atoms with E-state index in [4.69, 9.17) is 9.47 Å². The van der Waals surface area contributed by atoms with Crippen LogP contribution in [-0.4, -0.2) is 56.5 Å². The topological polar surface area (TPSA) is 83.3 Å². The maximum absolute atomic E-state index is 13.5. The van der Waals surface area contributed by atoms with Crippen molar-refractivity contribution in [1.29, 1.82) is 0 Å². The van der Waals surface area contributed by atoms with Gasteiger partial charge in [0.05, 0.1) is 39.4 Å². The number of methoxy groups -OCH3 is 1. The number of nitrogens with one attached hydrogen (secondary N) is 1. The molecule has 1 atom stereocenters. The van der Waals surface area contributed by atoms with E-state index in [1.165, 1.54) is 12.0 Å². The van der Waals surface area contributed by atoms with Gasteiger partial charge in [0.25, 0.3) is 5.91 Å². The van der Waals surface area contributed by atoms with Crippen LogP contribution in [0.5, 0.6) is 11.5 Å². The van der Waals surface area contributed by atoms with Crippen LogP contribution in [0.1, 0.15) is 44.4 Å². The first-order valence-corrected chi connectivity index (χ1v) is 11.9. The van der Waals surface area contributed by atoms with E-state index in [0.717, 1.165) is 26.1 Å². The highest BCUT2D eigenvalue weighted by Crippen LogP contribution is 2.39. The van der Waals surface area contributed by atoms with Gasteiger partial charge in [0.2, 0.25) is 5.78 Å². The lowest BCUT2D eigenvalue weighted by Crippen LogP contribution is -3.11. The van der Waals surface area contributed by atoms with Gasteiger partial charge in [-0.1, -0.05) is 30.0 Å². The molecule has 0 saturated carbocycles. The fourth-order valence-electron chi connectivity index (χ4n) is 4.38. The van der Waals surface area contributed by atoms with E-state index in [1.807, 2.05) is 19.1 Å². The van der Waals surface area contributed by atoms with Crippen molar-refractivity contribution in [2.45, 2.75) is 33.2 Å². The summed E-state index contributed by atoms with van der Waals surface area (Å²) < 4.78 is 10.8. The molecule has 1 amide bonds. The smallest absolute Gasteiger partial charge is 0.295 e. The van der Waals surface area contributed by atoms with Crippen molar-refractivity contribution in [3.8, 4) is 11.5 Å². The predicted octanol–water partition coefficient (Wildman–Crippen LogP) is 1.63. The maximum atomic E-state index is 13.5. The van der Waals surface area contributed by atoms with Crippen LogP contribution in [0.3, 0.4) is 0 Å². The third kappa shape index (κ3) is 5.42. The molecule has 3 rings (SSSR count). The first-order chi connectivity index (χ1) is 16.4. The molecule has 1 fully saturated rings. The van der Waals surface area contributed by atoms with Gasteiger partial charge in [0.15, 0.2) is 0 Å². The number of nitrogens with zero attached hydrogens (tertiary/aromatic N) is 1. The second-order valence-electron chi connectivity index (χ2n) is 8.27. The summed E-state index contributed by atoms with van der Waals surface area (Å²) in [6.07, 6.45) is 0.740. The van der Waals surface area contributed by atoms with Crippen molar-refractivity contribution in [3.63, 3.8) is 0 Å². The molecule has 7 heteroatoms. The van der Waals surface area contributed by atoms with E-state index in [2.05, 4.69) is 13.8 Å². The van der Waals surface area contributed by atoms with Crippen molar-refractivity contribution < 1.29 is 29.1 Å². The molecule has 1 N–H and O–H groups in total. The minimum absolute atomic E-state index is 0.0161. The summed E-state index contributed by atoms with van der Waals surface area (Å²) in [7, 11) is 1.52. The Bertz CT molecular complexity index is 1030. The molecule has 0 bridgehead atoms. The zero-order chi connectivity index (χ0) is 24.7. The summed E-state index contributed by atoms with van der Waals surface area (Å²) in [5.74, 6) is -0.603. The molecule has 1 unspecified atom stereocenters. The summed E-state index contributed by atoms with van der Waals surface area (Å²) in [6, 6.07) is 13.2. The average molecular weight is 467 g/mol. The SMILES string of the molecule is CCOc1ccc(C2/C(=C(\[O-])c3cccc(OC)c3)C(=O)C(=O)N2CCC[NH+](CC)CC)cc1. The molecule has 34 heavy (non-hydrogen) atoms. The number of rotatable bonds is 11. The predicted molar refractivity (Wildman–Crippen MR) is 129 cm³/mol. The number of ketones is 1. The van der Waals surface area contributed by atoms with E-state index in [1.54, 1.807) is 41.3 Å². The van der Waals surface area contributed by atoms with Gasteiger partial charge in [-0.3, -0.25) is 9.59 Å². The van der Waals surface area contributed by atoms with E-state index in [9.17, 15) is 14.7 Å². The van der Waals surface area contributed by atoms with Gasteiger partial charge in [-0.05, 0) is 56.2 Å². The van der Waals surface area contributed by atoms with Gasteiger partial charge in [-0.2, -0.15) is 0 Å². The number of quaternary nitrogens is 1. The minimum Gasteiger partial charge on any atom is -0.872 e. The van der Waals surface area contributed by atoms with Crippen LogP contribution in [0.15, 0.2) is 54.1 Å². The molecule has 2 aromatic carbocycles. The summed E-state index contributed by atoms with van der Waals surface area (Å²) in [5.41, 5.74) is 1.02. The van der Waals surface area contributed by atoms with E-state index in [-0.39, 0.29) is 5.57 Å². The van der Waals surface area contributed by atoms with E-state index < -0.39 is 23.5 Å². The first kappa shape index (κ1) is 25.3. The zero-order valence-electron chi connectivity index (χ0n) is 20.4. The third-order valence-electron chi connectivity index (χ3n) is 6.30. The Morgan fingerprint density at radius 1 is 1.03 bits per heavy atom. The van der Waals surface area contributed by atoms with Gasteiger partial charge in [0, 0.05) is 18.5 Å². The van der Waals surface area contributed by atoms with E-state index in [0.29, 0.717) is 35.8 Å². The molecule has 1 heterocycles. The number of benzene rings is 2. The van der Waals surface area contributed by atoms with Crippen LogP contribution in [0.2, 0.25) is 0 Å². The second-order valence-corrected chi connectivity index (χ2v) is 8.27. The molecule has 1 aliphatic heterocycles. The lowest BCUT2D eigenvalue weighted by Gasteiger charge is -2.28. The van der Waals surface area contributed by atoms with Crippen LogP contribution in [0.25, 0.3) is 5.76 Å². The average Bonchev–Trinajstić information content (AvgIpc) is 3.12. The summed E-state index contributed by atoms with van der Waals surface area (Å²) >= 11 is 0. The van der Waals surface area contributed by atoms with Crippen LogP contribution in [0.4, 0.5) is 0 Å². The van der Waals surface area contributed by atoms with Crippen LogP contribution < -0.4 is 19.5 Å². The Labute approximate surface area is 201 Å². The Kier molecular flexibility index (Phi) is 8.71. The number of hydrogen-bond acceptors (Lipinski definition) is 5. The summed E-state index contributed by atoms with van der Waals surface area (Å²) in [5, 5.41) is 13.5. The van der Waals surface area contributed by atoms with Gasteiger partial charge in [-0.15, -0.1) is 0 Å². The van der Waals surface area contributed by atoms with Crippen LogP contribution >= 0.6 is 0 Å². The highest BCUT2D eigenvalue weighted by atomic mass is 16.5. The number of likely N-dealkylation sites (tertiary alicyclic amines) is 1. The first-order valence-electron chi connectivity index (χ1n) is 11.9. The second kappa shape index (κ2) is 11.7. The largest absolute Gasteiger partial charge is 0.872 e. The molecule has 0 aromatic heterocycles. The number of ether oxygens (including phenoxy) is 2. The number of Topliss-reactive ketones (excluding diaryl/α,β-unsaturated/α-hetero) is 1. The Hall–Kier alpha value is -3.32. The van der Waals surface area contributed by atoms with E-state index >= 15 is 0 Å². The lowest BCUT2D eigenvalue weighted by atomic mass is 9.95. The molecule has 1 saturated heterocycles. The number of amides is 1. The Morgan fingerprint density at radius 3 is 2.35 bits per heavy atom. The quantitative estimate of drug-likeness (QED) is 0.309. The normalized spacial score (nSPS) is 17.4. The van der Waals surface area contributed by atoms with Crippen molar-refractivity contribution in [3.05, 3.63) is 65.2 Å². The Morgan fingerprint density at radius 2 is 1.74 bits per heavy atom. The molecule has 182 valence electrons. The fourth-order valence-corrected chi connectivity index (χ4v) is 4.38. The van der Waals surface area contributed by atoms with Crippen LogP contribution in [-0.2, 0) is 9.59 Å². The monoisotopic (exact) mass is 466 g/mol. The minimum atomic E-state index is -0.735. The number of carbonyl (C=O) groups is 2. The molecule has 0 radical (unpaired) electrons. The number of hydrogen-bond donors (Lipinski definition) is 1. The number of carbonyl (C=O) groups excluding carboxylic acids is 2. The van der Waals surface area contributed by atoms with Crippen molar-refractivity contribution in [1.82, 2.24) is 4.90 Å². The zero-order valence-corrected chi connectivity index (χ0v) is 20.4. The summed E-state index contributed by atoms with van der Waals surface area (Å²) in [4.78, 5) is 29.2. The van der Waals surface area contributed by atoms with Crippen LogP contribution in [0, 0.1) is 0 Å². The molecule has 2 aromatic rings. The molecule has 7 nitrogen and oxygen atoms in total. The molecule has 0 spiro atoms. The van der Waals surface area contributed by atoms with Gasteiger partial charge in [-0.25, -0.2) is 0 Å². The molecule has 1 aliphatic rings. The summed E-state index contributed by atoms with van der Waals surface area (Å²) in [6.45, 7) is 9.98. The standard InChI is InChI=1S/C27H34N2O5/c1-5-28(6-2)16-9-17-29-24(19-12-14-21(15-13-19)34-7-3)23(26(31)27(29)32)25(30)20-10-8-11-22(18-20)33-4/h8,10-15,18,24,30H,5-7,9,16-17H2,1-4H3/b25-23+. The van der Waals surface area contributed by atoms with Gasteiger partial charge in [0.1, 0.15) is 11.5 Å². The lowest BCUT2D eigenvalue weighted by molar-refractivity contribution is -0.896. The third-order valence-corrected chi connectivity index (χ3v) is 6.30.